The van der Waals surface area contributed by atoms with Crippen molar-refractivity contribution in [1.82, 2.24) is 0 Å². The van der Waals surface area contributed by atoms with E-state index < -0.39 is 0 Å². The third-order valence-corrected chi connectivity index (χ3v) is 2.27. The first-order valence-corrected chi connectivity index (χ1v) is 4.57. The van der Waals surface area contributed by atoms with Crippen LogP contribution in [-0.4, -0.2) is 19.0 Å². The van der Waals surface area contributed by atoms with Crippen LogP contribution >= 0.6 is 11.8 Å². The smallest absolute Gasteiger partial charge is 0.181 e. The van der Waals surface area contributed by atoms with Gasteiger partial charge in [0, 0.05) is 23.2 Å². The molecule has 1 N–H and O–H groups in total. The van der Waals surface area contributed by atoms with Crippen molar-refractivity contribution in [3.63, 3.8) is 0 Å². The van der Waals surface area contributed by atoms with Gasteiger partial charge in [-0.2, -0.15) is 0 Å². The van der Waals surface area contributed by atoms with E-state index in [1.807, 2.05) is 0 Å². The molecule has 13 heavy (non-hydrogen) atoms. The number of hydrogen-bond donors (Lipinski definition) is 1. The molecule has 0 atom stereocenters. The quantitative estimate of drug-likeness (QED) is 0.588. The lowest BCUT2D eigenvalue weighted by molar-refractivity contribution is 0.112. The van der Waals surface area contributed by atoms with Crippen LogP contribution in [-0.2, 0) is 4.79 Å². The first-order chi connectivity index (χ1) is 6.31. The maximum atomic E-state index is 10.4. The van der Waals surface area contributed by atoms with Crippen molar-refractivity contribution in [3.05, 3.63) is 23.8 Å². The van der Waals surface area contributed by atoms with Crippen LogP contribution in [0.5, 0.6) is 0 Å². The average molecular weight is 195 g/mol. The van der Waals surface area contributed by atoms with E-state index in [0.717, 1.165) is 34.2 Å². The largest absolute Gasteiger partial charge is 0.387 e. The highest BCUT2D eigenvalue weighted by Crippen LogP contribution is 2.25. The molecule has 0 heterocycles. The van der Waals surface area contributed by atoms with Crippen molar-refractivity contribution in [3.8, 4) is 0 Å². The first-order valence-electron chi connectivity index (χ1n) is 3.69. The first kappa shape index (κ1) is 9.80. The second-order valence-electron chi connectivity index (χ2n) is 2.34. The molecule has 0 fully saturated rings. The van der Waals surface area contributed by atoms with Gasteiger partial charge in [-0.25, -0.2) is 0 Å². The summed E-state index contributed by atoms with van der Waals surface area (Å²) in [6, 6.07) is 5.15. The van der Waals surface area contributed by atoms with Gasteiger partial charge in [-0.1, -0.05) is 11.8 Å². The molecule has 0 saturated carbocycles. The highest BCUT2D eigenvalue weighted by atomic mass is 32.2. The average Bonchev–Trinajstić information content (AvgIpc) is 2.18. The van der Waals surface area contributed by atoms with Crippen LogP contribution in [0.4, 0.5) is 5.69 Å². The van der Waals surface area contributed by atoms with E-state index in [0.29, 0.717) is 5.56 Å². The fraction of sp³-hybridized carbons (Fsp3) is 0.111. The van der Waals surface area contributed by atoms with E-state index >= 15 is 0 Å². The van der Waals surface area contributed by atoms with Gasteiger partial charge in [0.2, 0.25) is 0 Å². The van der Waals surface area contributed by atoms with Crippen molar-refractivity contribution in [2.45, 2.75) is 4.90 Å². The molecule has 0 aliphatic heterocycles. The van der Waals surface area contributed by atoms with Crippen LogP contribution in [0.15, 0.2) is 23.1 Å². The zero-order chi connectivity index (χ0) is 9.68. The molecule has 0 bridgehead atoms. The van der Waals surface area contributed by atoms with Crippen molar-refractivity contribution >= 4 is 29.4 Å². The third-order valence-electron chi connectivity index (χ3n) is 1.59. The number of hydrogen-bond acceptors (Lipinski definition) is 4. The Bertz CT molecular complexity index is 325. The van der Waals surface area contributed by atoms with Gasteiger partial charge >= 0.3 is 0 Å². The Kier molecular flexibility index (Phi) is 3.52. The zero-order valence-corrected chi connectivity index (χ0v) is 7.93. The zero-order valence-electron chi connectivity index (χ0n) is 7.11. The number of thioether (sulfide) groups is 1. The predicted octanol–water partition coefficient (Wildman–Crippen LogP) is 1.82. The molecule has 0 aliphatic carbocycles. The third kappa shape index (κ3) is 2.32. The molecule has 1 aromatic rings. The summed E-state index contributed by atoms with van der Waals surface area (Å²) in [5, 5.41) is 2.94. The van der Waals surface area contributed by atoms with Gasteiger partial charge in [0.05, 0.1) is 0 Å². The Balaban J connectivity index is 3.08. The molecule has 0 unspecified atom stereocenters. The lowest BCUT2D eigenvalue weighted by atomic mass is 10.2. The molecule has 0 amide bonds. The Morgan fingerprint density at radius 1 is 1.38 bits per heavy atom. The molecule has 0 aromatic heterocycles. The maximum Gasteiger partial charge on any atom is 0.181 e. The standard InChI is InChI=1S/C9H9NO2S/c1-10-8-3-2-7(5-11)4-9(8)13-6-12/h2-6,10H,1H3. The summed E-state index contributed by atoms with van der Waals surface area (Å²) >= 11 is 1.05. The van der Waals surface area contributed by atoms with Gasteiger partial charge < -0.3 is 5.32 Å². The molecule has 1 aromatic carbocycles. The van der Waals surface area contributed by atoms with Crippen molar-refractivity contribution in [2.75, 3.05) is 12.4 Å². The maximum absolute atomic E-state index is 10.4. The number of benzene rings is 1. The highest BCUT2D eigenvalue weighted by molar-refractivity contribution is 8.12. The molecule has 0 spiro atoms. The van der Waals surface area contributed by atoms with Gasteiger partial charge in [-0.05, 0) is 18.2 Å². The Morgan fingerprint density at radius 3 is 2.69 bits per heavy atom. The lowest BCUT2D eigenvalue weighted by Gasteiger charge is -2.05. The Labute approximate surface area is 80.5 Å². The molecule has 0 saturated heterocycles. The number of nitrogens with one attached hydrogen (secondary N) is 1. The van der Waals surface area contributed by atoms with Gasteiger partial charge in [0.15, 0.2) is 5.62 Å². The summed E-state index contributed by atoms with van der Waals surface area (Å²) < 4.78 is 0. The fourth-order valence-electron chi connectivity index (χ4n) is 0.968. The molecule has 68 valence electrons. The molecule has 0 radical (unpaired) electrons. The fourth-order valence-corrected chi connectivity index (χ4v) is 1.57. The van der Waals surface area contributed by atoms with Gasteiger partial charge in [-0.15, -0.1) is 0 Å². The second kappa shape index (κ2) is 4.67. The Hall–Kier alpha value is -1.29. The number of carbonyl (C=O) groups is 2. The van der Waals surface area contributed by atoms with Crippen LogP contribution in [0.2, 0.25) is 0 Å². The molecule has 3 nitrogen and oxygen atoms in total. The molecule has 4 heteroatoms. The van der Waals surface area contributed by atoms with Crippen LogP contribution in [0, 0.1) is 0 Å². The molecular weight excluding hydrogens is 186 g/mol. The number of aldehydes is 1. The van der Waals surface area contributed by atoms with Gasteiger partial charge in [-0.3, -0.25) is 9.59 Å². The van der Waals surface area contributed by atoms with E-state index in [1.54, 1.807) is 25.2 Å². The van der Waals surface area contributed by atoms with Crippen LogP contribution in [0.25, 0.3) is 0 Å². The van der Waals surface area contributed by atoms with E-state index in [2.05, 4.69) is 5.32 Å². The topological polar surface area (TPSA) is 46.2 Å². The van der Waals surface area contributed by atoms with Crippen LogP contribution in [0.3, 0.4) is 0 Å². The number of anilines is 1. The predicted molar refractivity (Wildman–Crippen MR) is 54.0 cm³/mol. The summed E-state index contributed by atoms with van der Waals surface area (Å²) in [4.78, 5) is 21.5. The Morgan fingerprint density at radius 2 is 2.15 bits per heavy atom. The minimum atomic E-state index is 0.573. The normalized spacial score (nSPS) is 9.31. The minimum Gasteiger partial charge on any atom is -0.387 e. The second-order valence-corrected chi connectivity index (χ2v) is 3.21. The van der Waals surface area contributed by atoms with Crippen molar-refractivity contribution in [1.29, 1.82) is 0 Å². The molecular formula is C9H9NO2S. The summed E-state index contributed by atoms with van der Waals surface area (Å²) in [5.41, 5.74) is 2.16. The lowest BCUT2D eigenvalue weighted by Crippen LogP contribution is -1.92. The molecule has 1 rings (SSSR count). The number of carbonyl (C=O) groups excluding carboxylic acids is 2. The van der Waals surface area contributed by atoms with Gasteiger partial charge in [0.1, 0.15) is 6.29 Å². The number of rotatable bonds is 4. The van der Waals surface area contributed by atoms with Crippen LogP contribution in [0.1, 0.15) is 10.4 Å². The highest BCUT2D eigenvalue weighted by Gasteiger charge is 2.01. The van der Waals surface area contributed by atoms with Gasteiger partial charge in [0.25, 0.3) is 0 Å². The summed E-state index contributed by atoms with van der Waals surface area (Å²) in [6.45, 7) is 0. The minimum absolute atomic E-state index is 0.573. The van der Waals surface area contributed by atoms with E-state index in [-0.39, 0.29) is 0 Å². The monoisotopic (exact) mass is 195 g/mol. The van der Waals surface area contributed by atoms with Crippen molar-refractivity contribution in [2.24, 2.45) is 0 Å². The van der Waals surface area contributed by atoms with Crippen LogP contribution < -0.4 is 5.32 Å². The molecule has 0 aliphatic rings. The summed E-state index contributed by atoms with van der Waals surface area (Å²) in [6.07, 6.45) is 0.758. The SMILES string of the molecule is CNc1ccc(C=O)cc1SC=O. The van der Waals surface area contributed by atoms with E-state index in [9.17, 15) is 9.59 Å². The van der Waals surface area contributed by atoms with E-state index in [4.69, 9.17) is 0 Å². The van der Waals surface area contributed by atoms with Crippen molar-refractivity contribution < 1.29 is 9.59 Å². The summed E-state index contributed by atoms with van der Waals surface area (Å²) in [7, 11) is 1.77. The summed E-state index contributed by atoms with van der Waals surface area (Å²) in [5.74, 6) is 0. The van der Waals surface area contributed by atoms with E-state index in [1.165, 1.54) is 0 Å².